The van der Waals surface area contributed by atoms with Gasteiger partial charge in [-0.15, -0.1) is 5.10 Å². The molecule has 0 aliphatic carbocycles. The van der Waals surface area contributed by atoms with Gasteiger partial charge in [0.15, 0.2) is 5.75 Å². The van der Waals surface area contributed by atoms with Crippen LogP contribution in [0.15, 0.2) is 69.1 Å². The van der Waals surface area contributed by atoms with E-state index in [1.165, 1.54) is 53.2 Å². The third kappa shape index (κ3) is 4.41. The van der Waals surface area contributed by atoms with Gasteiger partial charge in [-0.1, -0.05) is 29.3 Å². The highest BCUT2D eigenvalue weighted by atomic mass is 35.5. The molecule has 0 unspecified atom stereocenters. The van der Waals surface area contributed by atoms with Crippen LogP contribution in [-0.2, 0) is 0 Å². The monoisotopic (exact) mass is 485 g/mol. The highest BCUT2D eigenvalue weighted by Crippen LogP contribution is 2.38. The standard InChI is InChI=1S/C21H10Cl2FN5O4/c22-15-7-13(29-21(32)26-20(31)17(9-25)27-29)8-16(23)19(15)33-14-4-5-18(30)28(10-14)12-3-1-2-11(24)6-12/h1-8,10H,(H,26,31,32). The van der Waals surface area contributed by atoms with Crippen molar-refractivity contribution in [3.63, 3.8) is 0 Å². The lowest BCUT2D eigenvalue weighted by atomic mass is 10.3. The van der Waals surface area contributed by atoms with E-state index < -0.39 is 28.3 Å². The lowest BCUT2D eigenvalue weighted by molar-refractivity contribution is 0.478. The first-order valence-electron chi connectivity index (χ1n) is 9.06. The summed E-state index contributed by atoms with van der Waals surface area (Å²) in [7, 11) is 0. The quantitative estimate of drug-likeness (QED) is 0.473. The number of hydrogen-bond acceptors (Lipinski definition) is 6. The van der Waals surface area contributed by atoms with Crippen molar-refractivity contribution in [3.05, 3.63) is 107 Å². The molecule has 33 heavy (non-hydrogen) atoms. The average Bonchev–Trinajstić information content (AvgIpc) is 2.77. The summed E-state index contributed by atoms with van der Waals surface area (Å²) in [6, 6.07) is 12.2. The minimum atomic E-state index is -0.927. The van der Waals surface area contributed by atoms with E-state index in [9.17, 15) is 18.8 Å². The largest absolute Gasteiger partial charge is 0.453 e. The molecule has 164 valence electrons. The molecule has 0 bridgehead atoms. The Balaban J connectivity index is 1.74. The molecule has 1 N–H and O–H groups in total. The summed E-state index contributed by atoms with van der Waals surface area (Å²) in [5.41, 5.74) is -2.42. The first-order chi connectivity index (χ1) is 15.8. The number of nitrogens with one attached hydrogen (secondary N) is 1. The molecule has 4 aromatic rings. The molecule has 0 saturated carbocycles. The number of pyridine rings is 1. The van der Waals surface area contributed by atoms with Crippen LogP contribution in [0.25, 0.3) is 11.4 Å². The average molecular weight is 486 g/mol. The number of nitriles is 1. The van der Waals surface area contributed by atoms with Gasteiger partial charge in [-0.25, -0.2) is 9.18 Å². The van der Waals surface area contributed by atoms with E-state index >= 15 is 0 Å². The van der Waals surface area contributed by atoms with E-state index in [-0.39, 0.29) is 32.9 Å². The number of rotatable bonds is 4. The summed E-state index contributed by atoms with van der Waals surface area (Å²) in [6.45, 7) is 0. The molecule has 0 spiro atoms. The Bertz CT molecular complexity index is 1600. The van der Waals surface area contributed by atoms with Crippen molar-refractivity contribution < 1.29 is 9.13 Å². The zero-order valence-corrected chi connectivity index (χ0v) is 17.8. The van der Waals surface area contributed by atoms with Crippen LogP contribution in [0.4, 0.5) is 4.39 Å². The number of benzene rings is 2. The van der Waals surface area contributed by atoms with E-state index in [0.29, 0.717) is 0 Å². The smallest absolute Gasteiger partial charge is 0.349 e. The van der Waals surface area contributed by atoms with E-state index in [1.807, 2.05) is 4.98 Å². The lowest BCUT2D eigenvalue weighted by Gasteiger charge is -2.13. The maximum absolute atomic E-state index is 13.6. The molecule has 2 aromatic heterocycles. The van der Waals surface area contributed by atoms with Crippen molar-refractivity contribution in [2.24, 2.45) is 0 Å². The minimum Gasteiger partial charge on any atom is -0.453 e. The van der Waals surface area contributed by atoms with E-state index in [1.54, 1.807) is 12.1 Å². The number of aromatic amines is 1. The molecule has 2 heterocycles. The maximum Gasteiger partial charge on any atom is 0.349 e. The molecule has 4 rings (SSSR count). The molecule has 0 aliphatic rings. The number of hydrogen-bond donors (Lipinski definition) is 1. The van der Waals surface area contributed by atoms with Crippen LogP contribution >= 0.6 is 23.2 Å². The van der Waals surface area contributed by atoms with Gasteiger partial charge < -0.3 is 4.74 Å². The molecular formula is C21H10Cl2FN5O4. The summed E-state index contributed by atoms with van der Waals surface area (Å²) < 4.78 is 21.2. The summed E-state index contributed by atoms with van der Waals surface area (Å²) >= 11 is 12.6. The second-order valence-corrected chi connectivity index (χ2v) is 7.34. The number of H-pyrrole nitrogens is 1. The predicted octanol–water partition coefficient (Wildman–Crippen LogP) is 3.18. The van der Waals surface area contributed by atoms with Gasteiger partial charge >= 0.3 is 5.69 Å². The van der Waals surface area contributed by atoms with Crippen LogP contribution in [0, 0.1) is 17.1 Å². The topological polar surface area (TPSA) is 123 Å². The van der Waals surface area contributed by atoms with Crippen molar-refractivity contribution in [2.45, 2.75) is 0 Å². The Morgan fingerprint density at radius 3 is 2.42 bits per heavy atom. The second kappa shape index (κ2) is 8.74. The minimum absolute atomic E-state index is 0.00417. The van der Waals surface area contributed by atoms with Crippen molar-refractivity contribution in [1.82, 2.24) is 19.3 Å². The second-order valence-electron chi connectivity index (χ2n) is 6.53. The molecule has 2 aromatic carbocycles. The van der Waals surface area contributed by atoms with Crippen molar-refractivity contribution in [3.8, 4) is 28.9 Å². The van der Waals surface area contributed by atoms with Gasteiger partial charge in [0.05, 0.1) is 27.6 Å². The fourth-order valence-corrected chi connectivity index (χ4v) is 3.44. The molecule has 0 fully saturated rings. The third-order valence-corrected chi connectivity index (χ3v) is 4.91. The van der Waals surface area contributed by atoms with Crippen LogP contribution in [0.5, 0.6) is 11.5 Å². The molecule has 9 nitrogen and oxygen atoms in total. The first kappa shape index (κ1) is 22.0. The van der Waals surface area contributed by atoms with Crippen molar-refractivity contribution in [2.75, 3.05) is 0 Å². The Labute approximate surface area is 193 Å². The molecule has 0 atom stereocenters. The third-order valence-electron chi connectivity index (χ3n) is 4.35. The van der Waals surface area contributed by atoms with Gasteiger partial charge in [0, 0.05) is 6.07 Å². The molecule has 0 aliphatic heterocycles. The molecular weight excluding hydrogens is 476 g/mol. The number of nitrogens with zero attached hydrogens (tertiary/aromatic N) is 4. The van der Waals surface area contributed by atoms with Crippen LogP contribution in [0.3, 0.4) is 0 Å². The van der Waals surface area contributed by atoms with E-state index in [0.717, 1.165) is 4.68 Å². The summed E-state index contributed by atoms with van der Waals surface area (Å²) in [4.78, 5) is 37.8. The van der Waals surface area contributed by atoms with Gasteiger partial charge in [-0.2, -0.15) is 9.94 Å². The molecule has 0 saturated heterocycles. The van der Waals surface area contributed by atoms with E-state index in [2.05, 4.69) is 5.10 Å². The highest BCUT2D eigenvalue weighted by Gasteiger charge is 2.16. The predicted molar refractivity (Wildman–Crippen MR) is 117 cm³/mol. The zero-order chi connectivity index (χ0) is 23.7. The summed E-state index contributed by atoms with van der Waals surface area (Å²) in [5, 5.41) is 12.6. The Kier molecular flexibility index (Phi) is 5.83. The summed E-state index contributed by atoms with van der Waals surface area (Å²) in [6.07, 6.45) is 1.34. The van der Waals surface area contributed by atoms with E-state index in [4.69, 9.17) is 33.2 Å². The fraction of sp³-hybridized carbons (Fsp3) is 0. The molecule has 0 radical (unpaired) electrons. The zero-order valence-electron chi connectivity index (χ0n) is 16.3. The van der Waals surface area contributed by atoms with Crippen molar-refractivity contribution in [1.29, 1.82) is 5.26 Å². The van der Waals surface area contributed by atoms with Gasteiger partial charge in [0.25, 0.3) is 11.1 Å². The maximum atomic E-state index is 13.6. The normalized spacial score (nSPS) is 10.6. The number of ether oxygens (including phenoxy) is 1. The van der Waals surface area contributed by atoms with Gasteiger partial charge in [-0.3, -0.25) is 19.1 Å². The summed E-state index contributed by atoms with van der Waals surface area (Å²) in [5.74, 6) is -0.343. The lowest BCUT2D eigenvalue weighted by Crippen LogP contribution is -2.33. The Morgan fingerprint density at radius 1 is 1.03 bits per heavy atom. The van der Waals surface area contributed by atoms with Gasteiger partial charge in [0.2, 0.25) is 5.69 Å². The van der Waals surface area contributed by atoms with Gasteiger partial charge in [0.1, 0.15) is 17.6 Å². The molecule has 12 heteroatoms. The van der Waals surface area contributed by atoms with Crippen LogP contribution in [0.2, 0.25) is 10.0 Å². The highest BCUT2D eigenvalue weighted by molar-refractivity contribution is 6.37. The Hall–Kier alpha value is -4.20. The van der Waals surface area contributed by atoms with Gasteiger partial charge in [-0.05, 0) is 36.4 Å². The van der Waals surface area contributed by atoms with Crippen LogP contribution in [-0.4, -0.2) is 19.3 Å². The number of halogens is 3. The Morgan fingerprint density at radius 2 is 1.76 bits per heavy atom. The van der Waals surface area contributed by atoms with Crippen LogP contribution in [0.1, 0.15) is 5.69 Å². The SMILES string of the molecule is N#Cc1nn(-c2cc(Cl)c(Oc3ccc(=O)n(-c4cccc(F)c4)c3)c(Cl)c2)c(=O)[nH]c1=O. The molecule has 0 amide bonds. The van der Waals surface area contributed by atoms with Crippen molar-refractivity contribution >= 4 is 23.2 Å². The number of aromatic nitrogens is 4. The fourth-order valence-electron chi connectivity index (χ4n) is 2.89. The van der Waals surface area contributed by atoms with Crippen LogP contribution < -0.4 is 21.5 Å². The first-order valence-corrected chi connectivity index (χ1v) is 9.82.